The fraction of sp³-hybridized carbons (Fsp3) is 0.360. The van der Waals surface area contributed by atoms with Crippen molar-refractivity contribution in [3.05, 3.63) is 64.7 Å². The van der Waals surface area contributed by atoms with E-state index in [0.29, 0.717) is 17.2 Å². The van der Waals surface area contributed by atoms with E-state index in [1.54, 1.807) is 12.1 Å². The average molecular weight is 410 g/mol. The SMILES string of the molecule is CCCCCCCCOC(=O)c1cc(-c2ccc(C)cc2)nc2ccc(Cl)cc12. The highest BCUT2D eigenvalue weighted by Crippen LogP contribution is 2.28. The van der Waals surface area contributed by atoms with Crippen molar-refractivity contribution in [2.75, 3.05) is 6.61 Å². The minimum absolute atomic E-state index is 0.318. The first-order valence-corrected chi connectivity index (χ1v) is 10.8. The molecule has 4 heteroatoms. The number of fused-ring (bicyclic) bond motifs is 1. The molecule has 3 aromatic rings. The van der Waals surface area contributed by atoms with Crippen LogP contribution in [0.25, 0.3) is 22.2 Å². The van der Waals surface area contributed by atoms with Gasteiger partial charge in [-0.2, -0.15) is 0 Å². The molecule has 1 aromatic heterocycles. The zero-order valence-electron chi connectivity index (χ0n) is 17.2. The van der Waals surface area contributed by atoms with Gasteiger partial charge in [0.2, 0.25) is 0 Å². The summed E-state index contributed by atoms with van der Waals surface area (Å²) in [5.41, 5.74) is 4.15. The lowest BCUT2D eigenvalue weighted by atomic mass is 10.0. The highest BCUT2D eigenvalue weighted by molar-refractivity contribution is 6.31. The molecule has 0 saturated heterocycles. The normalized spacial score (nSPS) is 11.0. The number of aryl methyl sites for hydroxylation is 1. The van der Waals surface area contributed by atoms with Crippen molar-refractivity contribution in [1.29, 1.82) is 0 Å². The van der Waals surface area contributed by atoms with Gasteiger partial charge in [-0.05, 0) is 37.6 Å². The van der Waals surface area contributed by atoms with Gasteiger partial charge >= 0.3 is 5.97 Å². The monoisotopic (exact) mass is 409 g/mol. The van der Waals surface area contributed by atoms with Gasteiger partial charge in [-0.1, -0.05) is 80.5 Å². The molecule has 0 fully saturated rings. The van der Waals surface area contributed by atoms with Crippen LogP contribution in [0.1, 0.15) is 61.4 Å². The summed E-state index contributed by atoms with van der Waals surface area (Å²) in [7, 11) is 0. The number of hydrogen-bond donors (Lipinski definition) is 0. The van der Waals surface area contributed by atoms with Crippen LogP contribution in [0.15, 0.2) is 48.5 Å². The summed E-state index contributed by atoms with van der Waals surface area (Å²) < 4.78 is 5.58. The van der Waals surface area contributed by atoms with Crippen LogP contribution in [-0.4, -0.2) is 17.6 Å². The van der Waals surface area contributed by atoms with E-state index in [-0.39, 0.29) is 5.97 Å². The third-order valence-electron chi connectivity index (χ3n) is 5.07. The first kappa shape index (κ1) is 21.3. The molecule has 2 aromatic carbocycles. The first-order chi connectivity index (χ1) is 14.1. The minimum Gasteiger partial charge on any atom is -0.462 e. The Morgan fingerprint density at radius 3 is 2.45 bits per heavy atom. The van der Waals surface area contributed by atoms with Crippen molar-refractivity contribution in [1.82, 2.24) is 4.98 Å². The van der Waals surface area contributed by atoms with Crippen LogP contribution in [0.3, 0.4) is 0 Å². The van der Waals surface area contributed by atoms with Crippen LogP contribution in [0.5, 0.6) is 0 Å². The zero-order chi connectivity index (χ0) is 20.6. The molecule has 0 bridgehead atoms. The molecular formula is C25H28ClNO2. The smallest absolute Gasteiger partial charge is 0.338 e. The number of ether oxygens (including phenoxy) is 1. The van der Waals surface area contributed by atoms with E-state index < -0.39 is 0 Å². The van der Waals surface area contributed by atoms with Gasteiger partial charge in [0.15, 0.2) is 0 Å². The molecule has 3 nitrogen and oxygen atoms in total. The van der Waals surface area contributed by atoms with Gasteiger partial charge in [0.05, 0.1) is 23.4 Å². The number of unbranched alkanes of at least 4 members (excludes halogenated alkanes) is 5. The number of aromatic nitrogens is 1. The summed E-state index contributed by atoms with van der Waals surface area (Å²) in [6, 6.07) is 15.4. The second-order valence-corrected chi connectivity index (χ2v) is 7.92. The van der Waals surface area contributed by atoms with Gasteiger partial charge in [-0.15, -0.1) is 0 Å². The van der Waals surface area contributed by atoms with Crippen LogP contribution in [0.2, 0.25) is 5.02 Å². The van der Waals surface area contributed by atoms with Crippen LogP contribution >= 0.6 is 11.6 Å². The molecule has 1 heterocycles. The number of pyridine rings is 1. The molecule has 0 radical (unpaired) electrons. The maximum absolute atomic E-state index is 12.8. The molecule has 0 saturated carbocycles. The first-order valence-electron chi connectivity index (χ1n) is 10.4. The number of carbonyl (C=O) groups excluding carboxylic acids is 1. The number of nitrogens with zero attached hydrogens (tertiary/aromatic N) is 1. The predicted octanol–water partition coefficient (Wildman–Crippen LogP) is 7.38. The molecular weight excluding hydrogens is 382 g/mol. The molecule has 0 spiro atoms. The molecule has 29 heavy (non-hydrogen) atoms. The van der Waals surface area contributed by atoms with E-state index in [1.807, 2.05) is 43.3 Å². The van der Waals surface area contributed by atoms with Gasteiger partial charge < -0.3 is 4.74 Å². The Hall–Kier alpha value is -2.39. The Balaban J connectivity index is 1.80. The van der Waals surface area contributed by atoms with E-state index in [4.69, 9.17) is 21.3 Å². The molecule has 3 rings (SSSR count). The van der Waals surface area contributed by atoms with Gasteiger partial charge in [-0.25, -0.2) is 9.78 Å². The second-order valence-electron chi connectivity index (χ2n) is 7.49. The summed E-state index contributed by atoms with van der Waals surface area (Å²) in [6.07, 6.45) is 6.92. The number of esters is 1. The Labute approximate surface area is 178 Å². The third-order valence-corrected chi connectivity index (χ3v) is 5.30. The molecule has 0 unspecified atom stereocenters. The van der Waals surface area contributed by atoms with Crippen LogP contribution < -0.4 is 0 Å². The van der Waals surface area contributed by atoms with Crippen LogP contribution in [0.4, 0.5) is 0 Å². The number of rotatable bonds is 9. The molecule has 0 atom stereocenters. The summed E-state index contributed by atoms with van der Waals surface area (Å²) in [5, 5.41) is 1.30. The Morgan fingerprint density at radius 2 is 1.69 bits per heavy atom. The van der Waals surface area contributed by atoms with Gasteiger partial charge in [0.1, 0.15) is 0 Å². The van der Waals surface area contributed by atoms with Crippen molar-refractivity contribution in [3.63, 3.8) is 0 Å². The highest BCUT2D eigenvalue weighted by atomic mass is 35.5. The Morgan fingerprint density at radius 1 is 0.966 bits per heavy atom. The minimum atomic E-state index is -0.318. The van der Waals surface area contributed by atoms with Crippen molar-refractivity contribution in [3.8, 4) is 11.3 Å². The Kier molecular flexibility index (Phi) is 7.65. The van der Waals surface area contributed by atoms with Gasteiger partial charge in [0.25, 0.3) is 0 Å². The summed E-state index contributed by atoms with van der Waals surface area (Å²) in [5.74, 6) is -0.318. The number of benzene rings is 2. The lowest BCUT2D eigenvalue weighted by Gasteiger charge is -2.11. The van der Waals surface area contributed by atoms with E-state index in [2.05, 4.69) is 6.92 Å². The molecule has 0 amide bonds. The Bertz CT molecular complexity index is 966. The number of halogens is 1. The average Bonchev–Trinajstić information content (AvgIpc) is 2.72. The summed E-state index contributed by atoms with van der Waals surface area (Å²) in [4.78, 5) is 17.6. The van der Waals surface area contributed by atoms with Gasteiger partial charge in [0, 0.05) is 16.0 Å². The van der Waals surface area contributed by atoms with Crippen LogP contribution in [0, 0.1) is 6.92 Å². The maximum atomic E-state index is 12.8. The van der Waals surface area contributed by atoms with Crippen molar-refractivity contribution < 1.29 is 9.53 Å². The van der Waals surface area contributed by atoms with E-state index in [9.17, 15) is 4.79 Å². The molecule has 0 aliphatic heterocycles. The fourth-order valence-corrected chi connectivity index (χ4v) is 3.54. The fourth-order valence-electron chi connectivity index (χ4n) is 3.36. The largest absolute Gasteiger partial charge is 0.462 e. The van der Waals surface area contributed by atoms with E-state index in [0.717, 1.165) is 35.0 Å². The van der Waals surface area contributed by atoms with Gasteiger partial charge in [-0.3, -0.25) is 0 Å². The van der Waals surface area contributed by atoms with Crippen molar-refractivity contribution >= 4 is 28.5 Å². The summed E-state index contributed by atoms with van der Waals surface area (Å²) in [6.45, 7) is 4.69. The molecule has 0 aliphatic rings. The molecule has 152 valence electrons. The predicted molar refractivity (Wildman–Crippen MR) is 121 cm³/mol. The molecule has 0 N–H and O–H groups in total. The lowest BCUT2D eigenvalue weighted by molar-refractivity contribution is 0.0500. The van der Waals surface area contributed by atoms with E-state index in [1.165, 1.54) is 31.2 Å². The standard InChI is InChI=1S/C25H28ClNO2/c1-3-4-5-6-7-8-15-29-25(28)22-17-24(19-11-9-18(2)10-12-19)27-23-14-13-20(26)16-21(22)23/h9-14,16-17H,3-8,15H2,1-2H3. The highest BCUT2D eigenvalue weighted by Gasteiger charge is 2.16. The maximum Gasteiger partial charge on any atom is 0.338 e. The zero-order valence-corrected chi connectivity index (χ0v) is 18.0. The van der Waals surface area contributed by atoms with Crippen molar-refractivity contribution in [2.45, 2.75) is 52.4 Å². The molecule has 0 aliphatic carbocycles. The van der Waals surface area contributed by atoms with E-state index >= 15 is 0 Å². The quantitative estimate of drug-likeness (QED) is 0.273. The number of carbonyl (C=O) groups is 1. The van der Waals surface area contributed by atoms with Crippen LogP contribution in [-0.2, 0) is 4.74 Å². The second kappa shape index (κ2) is 10.4. The number of hydrogen-bond acceptors (Lipinski definition) is 3. The summed E-state index contributed by atoms with van der Waals surface area (Å²) >= 11 is 6.18. The van der Waals surface area contributed by atoms with Crippen molar-refractivity contribution in [2.24, 2.45) is 0 Å². The lowest BCUT2D eigenvalue weighted by Crippen LogP contribution is -2.08. The topological polar surface area (TPSA) is 39.2 Å². The third kappa shape index (κ3) is 5.80.